The van der Waals surface area contributed by atoms with Gasteiger partial charge in [-0.15, -0.1) is 5.92 Å². The van der Waals surface area contributed by atoms with E-state index in [1.54, 1.807) is 0 Å². The van der Waals surface area contributed by atoms with Gasteiger partial charge in [-0.25, -0.2) is 0 Å². The molecular weight excluding hydrogens is 244 g/mol. The second kappa shape index (κ2) is 8.00. The maximum Gasteiger partial charge on any atom is 0.122 e. The quantitative estimate of drug-likeness (QED) is 0.686. The highest BCUT2D eigenvalue weighted by Gasteiger charge is 2.12. The van der Waals surface area contributed by atoms with Crippen LogP contribution in [0.3, 0.4) is 0 Å². The van der Waals surface area contributed by atoms with Crippen molar-refractivity contribution in [2.24, 2.45) is 5.92 Å². The van der Waals surface area contributed by atoms with Crippen LogP contribution in [0.15, 0.2) is 6.07 Å². The monoisotopic (exact) mass is 272 g/mol. The van der Waals surface area contributed by atoms with Crippen molar-refractivity contribution in [1.82, 2.24) is 0 Å². The molecule has 1 aromatic carbocycles. The average molecular weight is 272 g/mol. The van der Waals surface area contributed by atoms with Crippen LogP contribution >= 0.6 is 0 Å². The Kier molecular flexibility index (Phi) is 6.65. The molecule has 1 atom stereocenters. The van der Waals surface area contributed by atoms with Gasteiger partial charge in [-0.3, -0.25) is 0 Å². The minimum absolute atomic E-state index is 0.411. The molecule has 0 heterocycles. The number of hydrogen-bond donors (Lipinski definition) is 0. The lowest BCUT2D eigenvalue weighted by Gasteiger charge is -2.18. The molecule has 0 amide bonds. The van der Waals surface area contributed by atoms with Crippen molar-refractivity contribution in [1.29, 1.82) is 0 Å². The van der Waals surface area contributed by atoms with Crippen LogP contribution in [-0.4, -0.2) is 6.61 Å². The normalized spacial score (nSPS) is 11.7. The van der Waals surface area contributed by atoms with Crippen molar-refractivity contribution in [2.45, 2.75) is 60.8 Å². The third-order valence-corrected chi connectivity index (χ3v) is 3.71. The van der Waals surface area contributed by atoms with Gasteiger partial charge in [-0.05, 0) is 61.9 Å². The lowest BCUT2D eigenvalue weighted by molar-refractivity contribution is 0.314. The standard InChI is InChI=1S/C19H28O/c1-7-9-10-14(3)12-18-15(4)13-19(20-11-8-2)17(6)16(18)5/h13-14H,7-8,11-12H2,1-6H3. The van der Waals surface area contributed by atoms with Crippen molar-refractivity contribution in [3.05, 3.63) is 28.3 Å². The van der Waals surface area contributed by atoms with E-state index in [2.05, 4.69) is 59.4 Å². The molecule has 0 radical (unpaired) electrons. The summed E-state index contributed by atoms with van der Waals surface area (Å²) in [5.41, 5.74) is 5.39. The predicted molar refractivity (Wildman–Crippen MR) is 87.4 cm³/mol. The van der Waals surface area contributed by atoms with E-state index in [1.165, 1.54) is 22.3 Å². The second-order valence-corrected chi connectivity index (χ2v) is 5.55. The SMILES string of the molecule is CCC#CC(C)Cc1c(C)cc(OCCC)c(C)c1C. The third-order valence-electron chi connectivity index (χ3n) is 3.71. The smallest absolute Gasteiger partial charge is 0.122 e. The first kappa shape index (κ1) is 16.6. The van der Waals surface area contributed by atoms with Gasteiger partial charge in [0.05, 0.1) is 6.61 Å². The summed E-state index contributed by atoms with van der Waals surface area (Å²) >= 11 is 0. The van der Waals surface area contributed by atoms with E-state index in [0.717, 1.165) is 31.6 Å². The van der Waals surface area contributed by atoms with Crippen LogP contribution < -0.4 is 4.74 Å². The Morgan fingerprint density at radius 1 is 1.15 bits per heavy atom. The summed E-state index contributed by atoms with van der Waals surface area (Å²) in [7, 11) is 0. The van der Waals surface area contributed by atoms with Crippen LogP contribution in [0.4, 0.5) is 0 Å². The van der Waals surface area contributed by atoms with Crippen molar-refractivity contribution in [2.75, 3.05) is 6.61 Å². The van der Waals surface area contributed by atoms with Gasteiger partial charge in [0.25, 0.3) is 0 Å². The molecule has 1 unspecified atom stereocenters. The fraction of sp³-hybridized carbons (Fsp3) is 0.579. The Bertz CT molecular complexity index is 503. The van der Waals surface area contributed by atoms with E-state index < -0.39 is 0 Å². The van der Waals surface area contributed by atoms with E-state index >= 15 is 0 Å². The van der Waals surface area contributed by atoms with E-state index in [1.807, 2.05) is 0 Å². The Morgan fingerprint density at radius 2 is 1.85 bits per heavy atom. The zero-order valence-corrected chi connectivity index (χ0v) is 13.9. The number of aryl methyl sites for hydroxylation is 1. The molecule has 0 aromatic heterocycles. The van der Waals surface area contributed by atoms with E-state index in [9.17, 15) is 0 Å². The lowest BCUT2D eigenvalue weighted by Crippen LogP contribution is -2.06. The first-order chi connectivity index (χ1) is 9.51. The minimum atomic E-state index is 0.411. The zero-order valence-electron chi connectivity index (χ0n) is 13.9. The fourth-order valence-electron chi connectivity index (χ4n) is 2.41. The minimum Gasteiger partial charge on any atom is -0.493 e. The fourth-order valence-corrected chi connectivity index (χ4v) is 2.41. The van der Waals surface area contributed by atoms with Crippen LogP contribution in [0.1, 0.15) is 55.9 Å². The van der Waals surface area contributed by atoms with Gasteiger partial charge in [0, 0.05) is 12.3 Å². The van der Waals surface area contributed by atoms with Crippen LogP contribution in [0.5, 0.6) is 5.75 Å². The molecule has 0 bridgehead atoms. The molecule has 0 saturated heterocycles. The summed E-state index contributed by atoms with van der Waals surface area (Å²) in [4.78, 5) is 0. The third kappa shape index (κ3) is 4.30. The molecule has 0 aliphatic rings. The molecule has 1 heteroatoms. The predicted octanol–water partition coefficient (Wildman–Crippen LogP) is 4.99. The lowest BCUT2D eigenvalue weighted by atomic mass is 9.91. The van der Waals surface area contributed by atoms with E-state index in [4.69, 9.17) is 4.74 Å². The van der Waals surface area contributed by atoms with Crippen molar-refractivity contribution in [3.8, 4) is 17.6 Å². The number of rotatable bonds is 5. The molecule has 110 valence electrons. The number of hydrogen-bond acceptors (Lipinski definition) is 1. The Labute approximate surface area is 124 Å². The molecule has 1 aromatic rings. The Morgan fingerprint density at radius 3 is 2.45 bits per heavy atom. The van der Waals surface area contributed by atoms with Crippen LogP contribution in [-0.2, 0) is 6.42 Å². The number of ether oxygens (including phenoxy) is 1. The van der Waals surface area contributed by atoms with Gasteiger partial charge < -0.3 is 4.74 Å². The van der Waals surface area contributed by atoms with E-state index in [-0.39, 0.29) is 0 Å². The topological polar surface area (TPSA) is 9.23 Å². The summed E-state index contributed by atoms with van der Waals surface area (Å²) < 4.78 is 5.84. The van der Waals surface area contributed by atoms with Crippen molar-refractivity contribution in [3.63, 3.8) is 0 Å². The van der Waals surface area contributed by atoms with Crippen LogP contribution in [0, 0.1) is 38.5 Å². The van der Waals surface area contributed by atoms with Crippen molar-refractivity contribution >= 4 is 0 Å². The van der Waals surface area contributed by atoms with Crippen LogP contribution in [0.2, 0.25) is 0 Å². The number of benzene rings is 1. The van der Waals surface area contributed by atoms with Gasteiger partial charge in [-0.2, -0.15) is 0 Å². The van der Waals surface area contributed by atoms with Gasteiger partial charge in [0.1, 0.15) is 5.75 Å². The Balaban J connectivity index is 3.01. The molecule has 0 saturated carbocycles. The molecule has 0 fully saturated rings. The van der Waals surface area contributed by atoms with Crippen LogP contribution in [0.25, 0.3) is 0 Å². The van der Waals surface area contributed by atoms with E-state index in [0.29, 0.717) is 5.92 Å². The largest absolute Gasteiger partial charge is 0.493 e. The zero-order chi connectivity index (χ0) is 15.1. The van der Waals surface area contributed by atoms with Gasteiger partial charge in [-0.1, -0.05) is 26.7 Å². The second-order valence-electron chi connectivity index (χ2n) is 5.55. The summed E-state index contributed by atoms with van der Waals surface area (Å²) in [5.74, 6) is 7.96. The first-order valence-electron chi connectivity index (χ1n) is 7.72. The van der Waals surface area contributed by atoms with Gasteiger partial charge in [0.15, 0.2) is 0 Å². The summed E-state index contributed by atoms with van der Waals surface area (Å²) in [6, 6.07) is 2.19. The first-order valence-corrected chi connectivity index (χ1v) is 7.72. The molecule has 20 heavy (non-hydrogen) atoms. The molecule has 1 rings (SSSR count). The van der Waals surface area contributed by atoms with Crippen molar-refractivity contribution < 1.29 is 4.74 Å². The summed E-state index contributed by atoms with van der Waals surface area (Å²) in [6.07, 6.45) is 3.01. The maximum atomic E-state index is 5.84. The molecule has 0 aliphatic heterocycles. The summed E-state index contributed by atoms with van der Waals surface area (Å²) in [5, 5.41) is 0. The van der Waals surface area contributed by atoms with Gasteiger partial charge in [0.2, 0.25) is 0 Å². The highest BCUT2D eigenvalue weighted by molar-refractivity contribution is 5.48. The molecule has 0 aliphatic carbocycles. The molecule has 0 spiro atoms. The summed E-state index contributed by atoms with van der Waals surface area (Å²) in [6.45, 7) is 13.8. The molecular formula is C19H28O. The molecule has 0 N–H and O–H groups in total. The Hall–Kier alpha value is -1.42. The highest BCUT2D eigenvalue weighted by Crippen LogP contribution is 2.29. The molecule has 1 nitrogen and oxygen atoms in total. The van der Waals surface area contributed by atoms with Gasteiger partial charge >= 0.3 is 0 Å². The average Bonchev–Trinajstić information content (AvgIpc) is 2.43. The maximum absolute atomic E-state index is 5.84. The highest BCUT2D eigenvalue weighted by atomic mass is 16.5.